The molecule has 0 spiro atoms. The summed E-state index contributed by atoms with van der Waals surface area (Å²) in [6.45, 7) is 15.9. The number of nitrogens with zero attached hydrogens (tertiary/aromatic N) is 2. The molecule has 0 radical (unpaired) electrons. The lowest BCUT2D eigenvalue weighted by molar-refractivity contribution is 0.307. The first kappa shape index (κ1) is 31.0. The van der Waals surface area contributed by atoms with Gasteiger partial charge in [-0.1, -0.05) is 77.8 Å². The summed E-state index contributed by atoms with van der Waals surface area (Å²) in [4.78, 5) is 5.16. The van der Waals surface area contributed by atoms with Crippen molar-refractivity contribution in [2.45, 2.75) is 93.0 Å². The highest BCUT2D eigenvalue weighted by Gasteiger charge is 2.30. The molecule has 2 atom stereocenters. The molecule has 4 aliphatic carbocycles. The first-order chi connectivity index (χ1) is 21.7. The molecule has 2 nitrogen and oxygen atoms in total. The van der Waals surface area contributed by atoms with Gasteiger partial charge in [-0.05, 0) is 151 Å². The molecule has 0 amide bonds. The molecule has 45 heavy (non-hydrogen) atoms. The Bertz CT molecular complexity index is 1730. The van der Waals surface area contributed by atoms with Crippen LogP contribution in [0.4, 0.5) is 11.4 Å². The van der Waals surface area contributed by atoms with Crippen molar-refractivity contribution in [2.75, 3.05) is 4.90 Å². The van der Waals surface area contributed by atoms with Crippen molar-refractivity contribution in [2.24, 2.45) is 5.92 Å². The van der Waals surface area contributed by atoms with Crippen LogP contribution in [0.25, 0.3) is 5.57 Å². The van der Waals surface area contributed by atoms with Gasteiger partial charge in [-0.2, -0.15) is 0 Å². The summed E-state index contributed by atoms with van der Waals surface area (Å²) in [7, 11) is 0. The van der Waals surface area contributed by atoms with Crippen LogP contribution >= 0.6 is 0 Å². The molecular formula is C43H50N2. The Kier molecular flexibility index (Phi) is 9.04. The highest BCUT2D eigenvalue weighted by molar-refractivity contribution is 5.82. The lowest BCUT2D eigenvalue weighted by Crippen LogP contribution is -2.37. The maximum Gasteiger partial charge on any atom is 0.0556 e. The van der Waals surface area contributed by atoms with Crippen molar-refractivity contribution < 1.29 is 0 Å². The van der Waals surface area contributed by atoms with E-state index in [4.69, 9.17) is 0 Å². The second kappa shape index (κ2) is 13.1. The average molecular weight is 595 g/mol. The maximum atomic E-state index is 2.69. The minimum Gasteiger partial charge on any atom is -0.341 e. The molecule has 2 aromatic rings. The van der Waals surface area contributed by atoms with E-state index < -0.39 is 0 Å². The van der Waals surface area contributed by atoms with Gasteiger partial charge in [0.05, 0.1) is 6.04 Å². The lowest BCUT2D eigenvalue weighted by Gasteiger charge is -2.41. The quantitative estimate of drug-likeness (QED) is 0.315. The van der Waals surface area contributed by atoms with Crippen molar-refractivity contribution in [3.63, 3.8) is 0 Å². The number of anilines is 2. The van der Waals surface area contributed by atoms with E-state index >= 15 is 0 Å². The number of aryl methyl sites for hydroxylation is 2. The van der Waals surface area contributed by atoms with Crippen LogP contribution < -0.4 is 4.90 Å². The lowest BCUT2D eigenvalue weighted by atomic mass is 9.85. The summed E-state index contributed by atoms with van der Waals surface area (Å²) in [5.41, 5.74) is 17.7. The molecule has 2 unspecified atom stereocenters. The second-order valence-corrected chi connectivity index (χ2v) is 13.8. The third-order valence-corrected chi connectivity index (χ3v) is 9.88. The van der Waals surface area contributed by atoms with Gasteiger partial charge < -0.3 is 9.80 Å². The van der Waals surface area contributed by atoms with Crippen molar-refractivity contribution in [1.82, 2.24) is 4.90 Å². The molecule has 0 saturated heterocycles. The Morgan fingerprint density at radius 2 is 1.40 bits per heavy atom. The van der Waals surface area contributed by atoms with Crippen molar-refractivity contribution >= 4 is 16.9 Å². The van der Waals surface area contributed by atoms with Crippen molar-refractivity contribution in [3.8, 4) is 0 Å². The van der Waals surface area contributed by atoms with E-state index in [1.165, 1.54) is 73.0 Å². The first-order valence-electron chi connectivity index (χ1n) is 17.0. The van der Waals surface area contributed by atoms with Crippen LogP contribution in [0.2, 0.25) is 0 Å². The Labute approximate surface area is 272 Å². The highest BCUT2D eigenvalue weighted by Crippen LogP contribution is 2.41. The Morgan fingerprint density at radius 3 is 2.09 bits per heavy atom. The van der Waals surface area contributed by atoms with E-state index in [1.807, 2.05) is 0 Å². The zero-order valence-corrected chi connectivity index (χ0v) is 28.5. The van der Waals surface area contributed by atoms with Gasteiger partial charge in [-0.15, -0.1) is 0 Å². The Balaban J connectivity index is 1.33. The summed E-state index contributed by atoms with van der Waals surface area (Å²) in [6.07, 6.45) is 25.7. The largest absolute Gasteiger partial charge is 0.341 e. The fourth-order valence-corrected chi connectivity index (χ4v) is 7.52. The van der Waals surface area contributed by atoms with Gasteiger partial charge in [0.2, 0.25) is 0 Å². The fourth-order valence-electron chi connectivity index (χ4n) is 7.52. The molecule has 0 N–H and O–H groups in total. The van der Waals surface area contributed by atoms with Crippen LogP contribution in [0.5, 0.6) is 0 Å². The highest BCUT2D eigenvalue weighted by atomic mass is 15.2. The van der Waals surface area contributed by atoms with Gasteiger partial charge in [-0.3, -0.25) is 0 Å². The minimum absolute atomic E-state index is 0.330. The normalized spacial score (nSPS) is 21.8. The number of hydrogen-bond acceptors (Lipinski definition) is 2. The second-order valence-electron chi connectivity index (χ2n) is 13.8. The van der Waals surface area contributed by atoms with Gasteiger partial charge in [0.1, 0.15) is 0 Å². The summed E-state index contributed by atoms with van der Waals surface area (Å²) < 4.78 is 0. The number of hydrogen-bond donors (Lipinski definition) is 0. The molecule has 0 aliphatic heterocycles. The molecule has 0 heterocycles. The smallest absolute Gasteiger partial charge is 0.0556 e. The third-order valence-electron chi connectivity index (χ3n) is 9.88. The van der Waals surface area contributed by atoms with E-state index in [2.05, 4.69) is 149 Å². The van der Waals surface area contributed by atoms with E-state index in [0.717, 1.165) is 38.5 Å². The molecule has 0 fully saturated rings. The van der Waals surface area contributed by atoms with Gasteiger partial charge in [0.25, 0.3) is 0 Å². The monoisotopic (exact) mass is 594 g/mol. The van der Waals surface area contributed by atoms with Crippen molar-refractivity contribution in [1.29, 1.82) is 0 Å². The van der Waals surface area contributed by atoms with Crippen molar-refractivity contribution in [3.05, 3.63) is 147 Å². The van der Waals surface area contributed by atoms with E-state index in [0.29, 0.717) is 12.0 Å². The van der Waals surface area contributed by atoms with Crippen LogP contribution in [0.1, 0.15) is 89.8 Å². The molecule has 2 aromatic carbocycles. The number of rotatable bonds is 7. The predicted octanol–water partition coefficient (Wildman–Crippen LogP) is 12.0. The van der Waals surface area contributed by atoms with Crippen LogP contribution in [-0.2, 0) is 0 Å². The van der Waals surface area contributed by atoms with E-state index in [9.17, 15) is 0 Å². The van der Waals surface area contributed by atoms with Gasteiger partial charge >= 0.3 is 0 Å². The number of benzene rings is 2. The van der Waals surface area contributed by atoms with Gasteiger partial charge in [0.15, 0.2) is 0 Å². The zero-order valence-electron chi connectivity index (χ0n) is 28.5. The van der Waals surface area contributed by atoms with Gasteiger partial charge in [0, 0.05) is 28.5 Å². The maximum absolute atomic E-state index is 2.69. The van der Waals surface area contributed by atoms with Crippen LogP contribution in [0.3, 0.4) is 0 Å². The molecule has 232 valence electrons. The summed E-state index contributed by atoms with van der Waals surface area (Å²) in [6, 6.07) is 16.3. The summed E-state index contributed by atoms with van der Waals surface area (Å²) >= 11 is 0. The molecule has 4 aliphatic rings. The van der Waals surface area contributed by atoms with Crippen LogP contribution in [0, 0.1) is 19.8 Å². The molecule has 2 heteroatoms. The third kappa shape index (κ3) is 6.66. The minimum atomic E-state index is 0.330. The zero-order chi connectivity index (χ0) is 31.7. The van der Waals surface area contributed by atoms with E-state index in [-0.39, 0.29) is 0 Å². The Hall–Kier alpha value is -4.04. The van der Waals surface area contributed by atoms with E-state index in [1.54, 1.807) is 0 Å². The SMILES string of the molecule is CC1=CCCC(N(c2cccc(C)c2)c2ccc(C3=C(C)CC(N(C4=CC(C)=CCC4)C4=CC(C)=CCC4C)C=C3)c(C)c2)=C1. The summed E-state index contributed by atoms with van der Waals surface area (Å²) in [5.74, 6) is 0.518. The van der Waals surface area contributed by atoms with Crippen LogP contribution in [-0.4, -0.2) is 10.9 Å². The van der Waals surface area contributed by atoms with Gasteiger partial charge in [-0.25, -0.2) is 0 Å². The Morgan fingerprint density at radius 1 is 0.711 bits per heavy atom. The molecule has 6 rings (SSSR count). The molecule has 0 aromatic heterocycles. The average Bonchev–Trinajstić information content (AvgIpc) is 3.00. The first-order valence-corrected chi connectivity index (χ1v) is 17.0. The number of allylic oxidation sites excluding steroid dienone is 14. The topological polar surface area (TPSA) is 6.48 Å². The fraction of sp³-hybridized carbons (Fsp3) is 0.349. The molecule has 0 saturated carbocycles. The molecule has 0 bridgehead atoms. The van der Waals surface area contributed by atoms with Crippen LogP contribution in [0.15, 0.2) is 130 Å². The summed E-state index contributed by atoms with van der Waals surface area (Å²) in [5, 5.41) is 0. The predicted molar refractivity (Wildman–Crippen MR) is 194 cm³/mol. The molecular weight excluding hydrogens is 544 g/mol. The standard InChI is InChI=1S/C43H50N2/c1-29-11-8-14-36(23-29)44(37-15-9-12-30(2)24-37)39-19-21-41(34(6)27-39)42-22-20-40(28-35(42)7)45(38-16-10-13-31(3)25-38)43-26-32(4)17-18-33(43)5/h8,11-14,17,19-27,33,40H,9-10,15-16,18,28H2,1-7H3.